The van der Waals surface area contributed by atoms with Gasteiger partial charge in [-0.2, -0.15) is 9.29 Å². The molecule has 2 aromatic rings. The van der Waals surface area contributed by atoms with Gasteiger partial charge in [-0.25, -0.2) is 21.6 Å². The van der Waals surface area contributed by atoms with Crippen molar-refractivity contribution in [3.05, 3.63) is 41.3 Å². The second-order valence-corrected chi connectivity index (χ2v) is 7.57. The molecule has 27 heavy (non-hydrogen) atoms. The molecule has 2 N–H and O–H groups in total. The summed E-state index contributed by atoms with van der Waals surface area (Å²) in [4.78, 5) is 5.07. The van der Waals surface area contributed by atoms with Gasteiger partial charge in [0.15, 0.2) is 23.3 Å². The van der Waals surface area contributed by atoms with Gasteiger partial charge in [-0.3, -0.25) is 4.90 Å². The lowest BCUT2D eigenvalue weighted by molar-refractivity contribution is 0.176. The van der Waals surface area contributed by atoms with E-state index in [2.05, 4.69) is 10.1 Å². The Labute approximate surface area is 159 Å². The first kappa shape index (κ1) is 21.6. The van der Waals surface area contributed by atoms with Gasteiger partial charge >= 0.3 is 0 Å². The monoisotopic (exact) mass is 427 g/mol. The highest BCUT2D eigenvalue weighted by atomic mass is 35.5. The predicted molar refractivity (Wildman–Crippen MR) is 89.8 cm³/mol. The SMILES string of the molecule is Cl.NCc1nc(CN2CCN(S(=O)(=O)c3ccc(F)c(F)c3F)CC2)no1. The highest BCUT2D eigenvalue weighted by Gasteiger charge is 2.32. The van der Waals surface area contributed by atoms with Crippen LogP contribution in [-0.2, 0) is 23.1 Å². The van der Waals surface area contributed by atoms with Crippen molar-refractivity contribution in [1.29, 1.82) is 0 Å². The minimum absolute atomic E-state index is 0. The van der Waals surface area contributed by atoms with Gasteiger partial charge in [-0.05, 0) is 12.1 Å². The summed E-state index contributed by atoms with van der Waals surface area (Å²) in [6.07, 6.45) is 0. The molecule has 0 spiro atoms. The van der Waals surface area contributed by atoms with E-state index in [0.29, 0.717) is 37.4 Å². The Balaban J connectivity index is 0.00000261. The predicted octanol–water partition coefficient (Wildman–Crippen LogP) is 0.874. The van der Waals surface area contributed by atoms with Crippen molar-refractivity contribution in [1.82, 2.24) is 19.3 Å². The number of halogens is 4. The van der Waals surface area contributed by atoms with E-state index >= 15 is 0 Å². The number of hydrogen-bond acceptors (Lipinski definition) is 7. The van der Waals surface area contributed by atoms with Crippen LogP contribution in [0.25, 0.3) is 0 Å². The van der Waals surface area contributed by atoms with Gasteiger partial charge < -0.3 is 10.3 Å². The first-order chi connectivity index (χ1) is 12.3. The quantitative estimate of drug-likeness (QED) is 0.706. The van der Waals surface area contributed by atoms with Crippen LogP contribution in [0.3, 0.4) is 0 Å². The number of benzene rings is 1. The molecule has 0 amide bonds. The zero-order chi connectivity index (χ0) is 18.9. The molecule has 3 rings (SSSR count). The van der Waals surface area contributed by atoms with Crippen LogP contribution < -0.4 is 5.73 Å². The van der Waals surface area contributed by atoms with E-state index in [4.69, 9.17) is 10.3 Å². The first-order valence-electron chi connectivity index (χ1n) is 7.70. The summed E-state index contributed by atoms with van der Waals surface area (Å²) < 4.78 is 71.1. The fourth-order valence-electron chi connectivity index (χ4n) is 2.61. The van der Waals surface area contributed by atoms with Crippen molar-refractivity contribution >= 4 is 22.4 Å². The molecule has 2 heterocycles. The standard InChI is InChI=1S/C14H16F3N5O3S.ClH/c15-9-1-2-10(14(17)13(9)16)26(23,24)22-5-3-21(4-6-22)8-11-19-12(7-18)25-20-11;/h1-2H,3-8,18H2;1H. The second kappa shape index (κ2) is 8.52. The van der Waals surface area contributed by atoms with Gasteiger partial charge in [0.2, 0.25) is 15.9 Å². The maximum atomic E-state index is 13.8. The number of nitrogens with two attached hydrogens (primary N) is 1. The molecular weight excluding hydrogens is 411 g/mol. The summed E-state index contributed by atoms with van der Waals surface area (Å²) in [6.45, 7) is 1.24. The zero-order valence-electron chi connectivity index (χ0n) is 13.9. The summed E-state index contributed by atoms with van der Waals surface area (Å²) in [7, 11) is -4.27. The summed E-state index contributed by atoms with van der Waals surface area (Å²) >= 11 is 0. The van der Waals surface area contributed by atoms with E-state index in [1.165, 1.54) is 0 Å². The number of aromatic nitrogens is 2. The molecular formula is C14H17ClF3N5O3S. The van der Waals surface area contributed by atoms with Gasteiger partial charge in [0.25, 0.3) is 0 Å². The third-order valence-electron chi connectivity index (χ3n) is 4.00. The molecule has 13 heteroatoms. The molecule has 1 aliphatic rings. The molecule has 150 valence electrons. The molecule has 1 saturated heterocycles. The molecule has 0 bridgehead atoms. The average Bonchev–Trinajstić information content (AvgIpc) is 3.07. The van der Waals surface area contributed by atoms with E-state index < -0.39 is 32.4 Å². The summed E-state index contributed by atoms with van der Waals surface area (Å²) in [5, 5.41) is 3.76. The first-order valence-corrected chi connectivity index (χ1v) is 9.14. The third-order valence-corrected chi connectivity index (χ3v) is 5.91. The molecule has 0 unspecified atom stereocenters. The van der Waals surface area contributed by atoms with E-state index in [1.807, 2.05) is 4.90 Å². The van der Waals surface area contributed by atoms with Crippen LogP contribution in [0.15, 0.2) is 21.6 Å². The van der Waals surface area contributed by atoms with Crippen LogP contribution in [0.4, 0.5) is 13.2 Å². The Morgan fingerprint density at radius 2 is 1.78 bits per heavy atom. The minimum atomic E-state index is -4.27. The van der Waals surface area contributed by atoms with E-state index in [0.717, 1.165) is 10.4 Å². The summed E-state index contributed by atoms with van der Waals surface area (Å²) in [6, 6.07) is 1.32. The number of sulfonamides is 1. The Kier molecular flexibility index (Phi) is 6.81. The van der Waals surface area contributed by atoms with E-state index in [1.54, 1.807) is 0 Å². The van der Waals surface area contributed by atoms with Crippen molar-refractivity contribution in [2.45, 2.75) is 18.0 Å². The molecule has 1 aliphatic heterocycles. The normalized spacial score (nSPS) is 16.3. The fraction of sp³-hybridized carbons (Fsp3) is 0.429. The average molecular weight is 428 g/mol. The maximum Gasteiger partial charge on any atom is 0.246 e. The summed E-state index contributed by atoms with van der Waals surface area (Å²) in [5.41, 5.74) is 5.39. The van der Waals surface area contributed by atoms with Crippen molar-refractivity contribution in [3.8, 4) is 0 Å². The van der Waals surface area contributed by atoms with Gasteiger partial charge in [-0.15, -0.1) is 12.4 Å². The molecule has 1 fully saturated rings. The van der Waals surface area contributed by atoms with Crippen LogP contribution in [0.5, 0.6) is 0 Å². The Bertz CT molecular complexity index is 903. The van der Waals surface area contributed by atoms with Crippen molar-refractivity contribution < 1.29 is 26.1 Å². The van der Waals surface area contributed by atoms with Crippen LogP contribution in [-0.4, -0.2) is 53.9 Å². The summed E-state index contributed by atoms with van der Waals surface area (Å²) in [5.74, 6) is -4.24. The highest BCUT2D eigenvalue weighted by Crippen LogP contribution is 2.24. The van der Waals surface area contributed by atoms with Crippen molar-refractivity contribution in [2.75, 3.05) is 26.2 Å². The minimum Gasteiger partial charge on any atom is -0.338 e. The zero-order valence-corrected chi connectivity index (χ0v) is 15.6. The molecule has 8 nitrogen and oxygen atoms in total. The van der Waals surface area contributed by atoms with Gasteiger partial charge in [-0.1, -0.05) is 5.16 Å². The van der Waals surface area contributed by atoms with Crippen LogP contribution in [0.2, 0.25) is 0 Å². The molecule has 0 aliphatic carbocycles. The molecule has 0 saturated carbocycles. The lowest BCUT2D eigenvalue weighted by Crippen LogP contribution is -2.48. The maximum absolute atomic E-state index is 13.8. The molecule has 1 aromatic carbocycles. The number of rotatable bonds is 5. The van der Waals surface area contributed by atoms with E-state index in [-0.39, 0.29) is 32.0 Å². The van der Waals surface area contributed by atoms with Crippen LogP contribution in [0, 0.1) is 17.5 Å². The van der Waals surface area contributed by atoms with Gasteiger partial charge in [0, 0.05) is 26.2 Å². The number of nitrogens with zero attached hydrogens (tertiary/aromatic N) is 4. The van der Waals surface area contributed by atoms with Gasteiger partial charge in [0.05, 0.1) is 13.1 Å². The fourth-order valence-corrected chi connectivity index (χ4v) is 4.09. The van der Waals surface area contributed by atoms with Gasteiger partial charge in [0.1, 0.15) is 4.90 Å². The van der Waals surface area contributed by atoms with E-state index in [9.17, 15) is 21.6 Å². The number of hydrogen-bond donors (Lipinski definition) is 1. The van der Waals surface area contributed by atoms with Crippen LogP contribution in [0.1, 0.15) is 11.7 Å². The largest absolute Gasteiger partial charge is 0.338 e. The Morgan fingerprint density at radius 3 is 2.37 bits per heavy atom. The second-order valence-electron chi connectivity index (χ2n) is 5.66. The third kappa shape index (κ3) is 4.41. The van der Waals surface area contributed by atoms with Crippen LogP contribution >= 0.6 is 12.4 Å². The lowest BCUT2D eigenvalue weighted by atomic mass is 10.3. The van der Waals surface area contributed by atoms with Crippen molar-refractivity contribution in [3.63, 3.8) is 0 Å². The Hall–Kier alpha value is -1.73. The van der Waals surface area contributed by atoms with Crippen molar-refractivity contribution in [2.24, 2.45) is 5.73 Å². The number of piperazine rings is 1. The molecule has 1 aromatic heterocycles. The smallest absolute Gasteiger partial charge is 0.246 e. The highest BCUT2D eigenvalue weighted by molar-refractivity contribution is 7.89. The Morgan fingerprint density at radius 1 is 1.11 bits per heavy atom. The molecule has 0 atom stereocenters. The molecule has 0 radical (unpaired) electrons. The lowest BCUT2D eigenvalue weighted by Gasteiger charge is -2.33. The topological polar surface area (TPSA) is 106 Å².